The normalized spacial score (nSPS) is 11.3. The monoisotopic (exact) mass is 432 g/mol. The van der Waals surface area contributed by atoms with Gasteiger partial charge in [-0.1, -0.05) is 42.5 Å². The van der Waals surface area contributed by atoms with Crippen molar-refractivity contribution in [1.82, 2.24) is 5.32 Å². The van der Waals surface area contributed by atoms with Gasteiger partial charge in [0.25, 0.3) is 0 Å². The molecule has 144 valence electrons. The number of hydrogen-bond acceptors (Lipinski definition) is 3. The molecule has 0 fully saturated rings. The summed E-state index contributed by atoms with van der Waals surface area (Å²) >= 11 is 3.47. The number of nitrogens with zero attached hydrogens (tertiary/aromatic N) is 2. The molecule has 0 aliphatic carbocycles. The first kappa shape index (κ1) is 20.9. The van der Waals surface area contributed by atoms with Gasteiger partial charge in [0, 0.05) is 11.5 Å². The van der Waals surface area contributed by atoms with Crippen molar-refractivity contribution >= 4 is 33.6 Å². The smallest absolute Gasteiger partial charge is 0.328 e. The molecular formula is C20H25BrN4O2. The molecule has 2 rings (SSSR count). The van der Waals surface area contributed by atoms with Gasteiger partial charge in [0.1, 0.15) is 0 Å². The van der Waals surface area contributed by atoms with Gasteiger partial charge in [-0.15, -0.1) is 0 Å². The Kier molecular flexibility index (Phi) is 8.29. The molecule has 6 nitrogen and oxygen atoms in total. The third kappa shape index (κ3) is 6.69. The van der Waals surface area contributed by atoms with Gasteiger partial charge in [-0.05, 0) is 46.5 Å². The van der Waals surface area contributed by atoms with E-state index in [1.165, 1.54) is 10.5 Å². The number of guanidine groups is 1. The molecule has 2 aromatic carbocycles. The van der Waals surface area contributed by atoms with E-state index in [0.29, 0.717) is 19.8 Å². The van der Waals surface area contributed by atoms with Gasteiger partial charge in [-0.3, -0.25) is 15.2 Å². The van der Waals surface area contributed by atoms with Gasteiger partial charge in [0.15, 0.2) is 5.96 Å². The Bertz CT molecular complexity index is 761. The number of carbonyl (C=O) groups excluding carboxylic acids is 1. The molecule has 0 aromatic heterocycles. The zero-order chi connectivity index (χ0) is 19.6. The summed E-state index contributed by atoms with van der Waals surface area (Å²) in [5, 5.41) is 2.59. The number of aryl methyl sites for hydroxylation is 1. The highest BCUT2D eigenvalue weighted by Crippen LogP contribution is 2.28. The van der Waals surface area contributed by atoms with Crippen molar-refractivity contribution in [3.8, 4) is 0 Å². The Hall–Kier alpha value is -2.38. The van der Waals surface area contributed by atoms with Crippen molar-refractivity contribution in [3.63, 3.8) is 0 Å². The molecule has 0 unspecified atom stereocenters. The van der Waals surface area contributed by atoms with E-state index in [9.17, 15) is 4.79 Å². The number of nitrogens with one attached hydrogen (secondary N) is 1. The summed E-state index contributed by atoms with van der Waals surface area (Å²) in [6.07, 6.45) is 0.854. The first-order valence-corrected chi connectivity index (χ1v) is 9.49. The largest absolute Gasteiger partial charge is 0.379 e. The van der Waals surface area contributed by atoms with Crippen LogP contribution in [0.15, 0.2) is 58.0 Å². The summed E-state index contributed by atoms with van der Waals surface area (Å²) in [5.74, 6) is 0.0724. The van der Waals surface area contributed by atoms with Crippen LogP contribution in [0, 0.1) is 6.92 Å². The molecule has 3 N–H and O–H groups in total. The number of urea groups is 1. The maximum Gasteiger partial charge on any atom is 0.328 e. The predicted molar refractivity (Wildman–Crippen MR) is 113 cm³/mol. The fourth-order valence-electron chi connectivity index (χ4n) is 2.55. The molecule has 0 heterocycles. The van der Waals surface area contributed by atoms with Crippen LogP contribution in [0.5, 0.6) is 0 Å². The molecule has 2 aromatic rings. The number of anilines is 1. The first-order valence-electron chi connectivity index (χ1n) is 8.70. The Morgan fingerprint density at radius 2 is 1.93 bits per heavy atom. The highest BCUT2D eigenvalue weighted by molar-refractivity contribution is 9.10. The van der Waals surface area contributed by atoms with Gasteiger partial charge < -0.3 is 10.5 Å². The van der Waals surface area contributed by atoms with Crippen molar-refractivity contribution in [2.45, 2.75) is 13.3 Å². The van der Waals surface area contributed by atoms with Gasteiger partial charge in [0.05, 0.1) is 25.4 Å². The van der Waals surface area contributed by atoms with E-state index in [4.69, 9.17) is 10.5 Å². The van der Waals surface area contributed by atoms with Gasteiger partial charge in [-0.25, -0.2) is 4.79 Å². The Labute approximate surface area is 168 Å². The standard InChI is InChI=1S/C20H25BrN4O2/c1-15-7-6-10-17(21)18(15)25(2)20(26)24-19(22)23-12-14-27-13-11-16-8-4-3-5-9-16/h3-10H,11-14H2,1-2H3,(H3,22,23,24,26). The number of benzene rings is 2. The van der Waals surface area contributed by atoms with E-state index in [1.807, 2.05) is 43.3 Å². The van der Waals surface area contributed by atoms with E-state index >= 15 is 0 Å². The predicted octanol–water partition coefficient (Wildman–Crippen LogP) is 3.48. The van der Waals surface area contributed by atoms with Crippen LogP contribution in [-0.4, -0.2) is 38.8 Å². The molecule has 0 saturated carbocycles. The summed E-state index contributed by atoms with van der Waals surface area (Å²) in [7, 11) is 1.68. The number of aliphatic imine (C=N–C) groups is 1. The van der Waals surface area contributed by atoms with E-state index < -0.39 is 0 Å². The third-order valence-electron chi connectivity index (χ3n) is 3.96. The van der Waals surface area contributed by atoms with Crippen LogP contribution in [0.3, 0.4) is 0 Å². The molecule has 0 bridgehead atoms. The third-order valence-corrected chi connectivity index (χ3v) is 4.60. The summed E-state index contributed by atoms with van der Waals surface area (Å²) in [4.78, 5) is 18.0. The molecule has 7 heteroatoms. The SMILES string of the molecule is Cc1cccc(Br)c1N(C)C(=O)NC(N)=NCCOCCc1ccccc1. The molecule has 0 aliphatic rings. The molecular weight excluding hydrogens is 408 g/mol. The number of hydrogen-bond donors (Lipinski definition) is 2. The number of amides is 2. The van der Waals surface area contributed by atoms with Crippen LogP contribution < -0.4 is 16.0 Å². The van der Waals surface area contributed by atoms with Gasteiger partial charge in [-0.2, -0.15) is 0 Å². The number of nitrogens with two attached hydrogens (primary N) is 1. The highest BCUT2D eigenvalue weighted by Gasteiger charge is 2.16. The topological polar surface area (TPSA) is 80.0 Å². The van der Waals surface area contributed by atoms with E-state index in [0.717, 1.165) is 22.1 Å². The Morgan fingerprint density at radius 1 is 1.19 bits per heavy atom. The van der Waals surface area contributed by atoms with Crippen LogP contribution in [0.4, 0.5) is 10.5 Å². The molecule has 0 aliphatic heterocycles. The minimum atomic E-state index is -0.351. The van der Waals surface area contributed by atoms with E-state index in [2.05, 4.69) is 38.4 Å². The maximum atomic E-state index is 12.4. The zero-order valence-corrected chi connectivity index (χ0v) is 17.2. The molecule has 0 saturated heterocycles. The fraction of sp³-hybridized carbons (Fsp3) is 0.300. The minimum Gasteiger partial charge on any atom is -0.379 e. The maximum absolute atomic E-state index is 12.4. The molecule has 27 heavy (non-hydrogen) atoms. The lowest BCUT2D eigenvalue weighted by Gasteiger charge is -2.21. The highest BCUT2D eigenvalue weighted by atomic mass is 79.9. The van der Waals surface area contributed by atoms with Gasteiger partial charge >= 0.3 is 6.03 Å². The second kappa shape index (κ2) is 10.7. The first-order chi connectivity index (χ1) is 13.0. The lowest BCUT2D eigenvalue weighted by atomic mass is 10.2. The number of para-hydroxylation sites is 1. The Morgan fingerprint density at radius 3 is 2.63 bits per heavy atom. The van der Waals surface area contributed by atoms with Crippen LogP contribution in [0.1, 0.15) is 11.1 Å². The molecule has 0 atom stereocenters. The lowest BCUT2D eigenvalue weighted by molar-refractivity contribution is 0.145. The van der Waals surface area contributed by atoms with Crippen molar-refractivity contribution in [2.24, 2.45) is 10.7 Å². The summed E-state index contributed by atoms with van der Waals surface area (Å²) in [6.45, 7) is 3.39. The molecule has 0 radical (unpaired) electrons. The number of rotatable bonds is 7. The van der Waals surface area contributed by atoms with Crippen LogP contribution in [-0.2, 0) is 11.2 Å². The van der Waals surface area contributed by atoms with E-state index in [1.54, 1.807) is 7.05 Å². The number of halogens is 1. The average molecular weight is 433 g/mol. The number of ether oxygens (including phenoxy) is 1. The van der Waals surface area contributed by atoms with Crippen molar-refractivity contribution in [1.29, 1.82) is 0 Å². The molecule has 2 amide bonds. The second-order valence-corrected chi connectivity index (χ2v) is 6.86. The van der Waals surface area contributed by atoms with Gasteiger partial charge in [0.2, 0.25) is 0 Å². The van der Waals surface area contributed by atoms with Crippen LogP contribution >= 0.6 is 15.9 Å². The van der Waals surface area contributed by atoms with Crippen LogP contribution in [0.2, 0.25) is 0 Å². The zero-order valence-electron chi connectivity index (χ0n) is 15.6. The minimum absolute atomic E-state index is 0.0724. The Balaban J connectivity index is 1.73. The summed E-state index contributed by atoms with van der Waals surface area (Å²) in [5.41, 5.74) is 8.79. The molecule has 0 spiro atoms. The van der Waals surface area contributed by atoms with E-state index in [-0.39, 0.29) is 12.0 Å². The lowest BCUT2D eigenvalue weighted by Crippen LogP contribution is -2.44. The van der Waals surface area contributed by atoms with Crippen molar-refractivity contribution < 1.29 is 9.53 Å². The number of carbonyl (C=O) groups is 1. The fourth-order valence-corrected chi connectivity index (χ4v) is 3.28. The van der Waals surface area contributed by atoms with Crippen molar-refractivity contribution in [3.05, 3.63) is 64.1 Å². The van der Waals surface area contributed by atoms with Crippen molar-refractivity contribution in [2.75, 3.05) is 31.7 Å². The quantitative estimate of drug-likeness (QED) is 0.399. The summed E-state index contributed by atoms with van der Waals surface area (Å²) < 4.78 is 6.38. The average Bonchev–Trinajstić information content (AvgIpc) is 2.65. The summed E-state index contributed by atoms with van der Waals surface area (Å²) in [6, 6.07) is 15.5. The second-order valence-electron chi connectivity index (χ2n) is 6.01. The van der Waals surface area contributed by atoms with Crippen LogP contribution in [0.25, 0.3) is 0 Å².